The maximum atomic E-state index is 13.7. The summed E-state index contributed by atoms with van der Waals surface area (Å²) in [5.41, 5.74) is 2.83. The lowest BCUT2D eigenvalue weighted by atomic mass is 10.1. The third-order valence-corrected chi connectivity index (χ3v) is 8.26. The molecular formula is C34H36ClN5O4. The number of amides is 2. The quantitative estimate of drug-likeness (QED) is 0.237. The van der Waals surface area contributed by atoms with Gasteiger partial charge in [0.15, 0.2) is 5.82 Å². The van der Waals surface area contributed by atoms with Gasteiger partial charge in [-0.05, 0) is 55.3 Å². The fourth-order valence-electron chi connectivity index (χ4n) is 5.37. The Morgan fingerprint density at radius 2 is 1.66 bits per heavy atom. The first kappa shape index (κ1) is 30.8. The summed E-state index contributed by atoms with van der Waals surface area (Å²) in [6.45, 7) is 4.29. The van der Waals surface area contributed by atoms with E-state index in [0.717, 1.165) is 29.9 Å². The Morgan fingerprint density at radius 1 is 0.886 bits per heavy atom. The number of carbonyl (C=O) groups excluding carboxylic acids is 2. The molecule has 1 atom stereocenters. The molecule has 0 radical (unpaired) electrons. The van der Waals surface area contributed by atoms with Gasteiger partial charge >= 0.3 is 0 Å². The van der Waals surface area contributed by atoms with Crippen LogP contribution in [0.4, 0.5) is 5.82 Å². The summed E-state index contributed by atoms with van der Waals surface area (Å²) in [6, 6.07) is 25.8. The molecule has 1 saturated heterocycles. The van der Waals surface area contributed by atoms with E-state index in [1.165, 1.54) is 0 Å². The van der Waals surface area contributed by atoms with Crippen LogP contribution >= 0.6 is 11.6 Å². The first-order valence-electron chi connectivity index (χ1n) is 14.6. The third kappa shape index (κ3) is 6.94. The smallest absolute Gasteiger partial charge is 0.256 e. The summed E-state index contributed by atoms with van der Waals surface area (Å²) in [5, 5.41) is 9.33. The van der Waals surface area contributed by atoms with E-state index in [1.807, 2.05) is 72.5 Å². The molecule has 10 heteroatoms. The van der Waals surface area contributed by atoms with Crippen LogP contribution in [-0.2, 0) is 4.79 Å². The van der Waals surface area contributed by atoms with Gasteiger partial charge in [-0.25, -0.2) is 0 Å². The zero-order valence-electron chi connectivity index (χ0n) is 25.1. The van der Waals surface area contributed by atoms with E-state index in [0.29, 0.717) is 47.4 Å². The van der Waals surface area contributed by atoms with E-state index >= 15 is 0 Å². The molecule has 228 valence electrons. The second-order valence-corrected chi connectivity index (χ2v) is 11.0. The number of aromatic nitrogens is 2. The van der Waals surface area contributed by atoms with Crippen LogP contribution in [0.5, 0.6) is 11.5 Å². The monoisotopic (exact) mass is 613 g/mol. The predicted octanol–water partition coefficient (Wildman–Crippen LogP) is 5.76. The van der Waals surface area contributed by atoms with Gasteiger partial charge in [0, 0.05) is 37.8 Å². The molecular weight excluding hydrogens is 578 g/mol. The molecule has 4 aromatic rings. The Morgan fingerprint density at radius 3 is 2.36 bits per heavy atom. The summed E-state index contributed by atoms with van der Waals surface area (Å²) in [5.74, 6) is 1.70. The SMILES string of the molecule is COc1ccc(-c2ccc(N3CCCN(C(=O)CN(C(=O)c4ccccc4Cl)C(C)c4ccccc4)CC3)nn2)c(OC)c1. The van der Waals surface area contributed by atoms with Gasteiger partial charge in [-0.2, -0.15) is 0 Å². The first-order chi connectivity index (χ1) is 21.4. The maximum absolute atomic E-state index is 13.7. The summed E-state index contributed by atoms with van der Waals surface area (Å²) in [4.78, 5) is 33.0. The van der Waals surface area contributed by atoms with Gasteiger partial charge in [0.1, 0.15) is 18.0 Å². The molecule has 1 aliphatic rings. The zero-order valence-corrected chi connectivity index (χ0v) is 25.9. The number of rotatable bonds is 9. The van der Waals surface area contributed by atoms with E-state index in [1.54, 1.807) is 43.4 Å². The standard InChI is InChI=1S/C34H36ClN5O4/c1-24(25-10-5-4-6-11-25)40(34(42)27-12-7-8-13-29(27)35)23-33(41)39-19-9-18-38(20-21-39)32-17-16-30(36-37-32)28-15-14-26(43-2)22-31(28)44-3/h4-8,10-17,22,24H,9,18-21,23H2,1-3H3. The van der Waals surface area contributed by atoms with Gasteiger partial charge in [0.25, 0.3) is 5.91 Å². The topological polar surface area (TPSA) is 88.1 Å². The molecule has 2 heterocycles. The van der Waals surface area contributed by atoms with Crippen molar-refractivity contribution in [3.8, 4) is 22.8 Å². The van der Waals surface area contributed by atoms with Crippen LogP contribution in [-0.4, -0.2) is 78.8 Å². The minimum atomic E-state index is -0.328. The Kier molecular flexibility index (Phi) is 9.96. The molecule has 5 rings (SSSR count). The number of hydrogen-bond donors (Lipinski definition) is 0. The van der Waals surface area contributed by atoms with Crippen LogP contribution in [0.1, 0.15) is 35.3 Å². The molecule has 0 aliphatic carbocycles. The molecule has 0 spiro atoms. The Bertz CT molecular complexity index is 1580. The van der Waals surface area contributed by atoms with Crippen molar-refractivity contribution < 1.29 is 19.1 Å². The molecule has 1 aliphatic heterocycles. The summed E-state index contributed by atoms with van der Waals surface area (Å²) >= 11 is 6.40. The van der Waals surface area contributed by atoms with E-state index in [9.17, 15) is 9.59 Å². The van der Waals surface area contributed by atoms with Crippen LogP contribution in [0, 0.1) is 0 Å². The Labute approximate surface area is 263 Å². The predicted molar refractivity (Wildman–Crippen MR) is 171 cm³/mol. The summed E-state index contributed by atoms with van der Waals surface area (Å²) in [7, 11) is 3.22. The highest BCUT2D eigenvalue weighted by atomic mass is 35.5. The lowest BCUT2D eigenvalue weighted by Crippen LogP contribution is -2.45. The lowest BCUT2D eigenvalue weighted by Gasteiger charge is -2.32. The average molecular weight is 614 g/mol. The molecule has 0 N–H and O–H groups in total. The molecule has 2 amide bonds. The number of ether oxygens (including phenoxy) is 2. The second kappa shape index (κ2) is 14.2. The number of benzene rings is 3. The highest BCUT2D eigenvalue weighted by molar-refractivity contribution is 6.33. The van der Waals surface area contributed by atoms with Crippen LogP contribution in [0.2, 0.25) is 5.02 Å². The van der Waals surface area contributed by atoms with Gasteiger partial charge in [0.05, 0.1) is 36.5 Å². The zero-order chi connectivity index (χ0) is 31.1. The van der Waals surface area contributed by atoms with Crippen molar-refractivity contribution in [3.63, 3.8) is 0 Å². The second-order valence-electron chi connectivity index (χ2n) is 10.6. The maximum Gasteiger partial charge on any atom is 0.256 e. The molecule has 1 fully saturated rings. The fraction of sp³-hybridized carbons (Fsp3) is 0.294. The van der Waals surface area contributed by atoms with Gasteiger partial charge in [-0.15, -0.1) is 10.2 Å². The molecule has 0 bridgehead atoms. The summed E-state index contributed by atoms with van der Waals surface area (Å²) < 4.78 is 10.8. The average Bonchev–Trinajstić information content (AvgIpc) is 3.33. The van der Waals surface area contributed by atoms with Crippen molar-refractivity contribution in [2.45, 2.75) is 19.4 Å². The number of carbonyl (C=O) groups is 2. The minimum absolute atomic E-state index is 0.0572. The first-order valence-corrected chi connectivity index (χ1v) is 15.0. The van der Waals surface area contributed by atoms with Gasteiger partial charge in [-0.1, -0.05) is 54.1 Å². The minimum Gasteiger partial charge on any atom is -0.497 e. The van der Waals surface area contributed by atoms with Crippen molar-refractivity contribution in [1.82, 2.24) is 20.0 Å². The van der Waals surface area contributed by atoms with Crippen molar-refractivity contribution in [2.75, 3.05) is 51.8 Å². The molecule has 1 aromatic heterocycles. The van der Waals surface area contributed by atoms with Crippen LogP contribution in [0.25, 0.3) is 11.3 Å². The van der Waals surface area contributed by atoms with Crippen LogP contribution < -0.4 is 14.4 Å². The van der Waals surface area contributed by atoms with E-state index < -0.39 is 0 Å². The van der Waals surface area contributed by atoms with E-state index in [-0.39, 0.29) is 24.4 Å². The van der Waals surface area contributed by atoms with Crippen molar-refractivity contribution in [1.29, 1.82) is 0 Å². The largest absolute Gasteiger partial charge is 0.497 e. The van der Waals surface area contributed by atoms with Crippen LogP contribution in [0.15, 0.2) is 84.9 Å². The fourth-order valence-corrected chi connectivity index (χ4v) is 5.59. The molecule has 44 heavy (non-hydrogen) atoms. The van der Waals surface area contributed by atoms with E-state index in [2.05, 4.69) is 15.1 Å². The summed E-state index contributed by atoms with van der Waals surface area (Å²) in [6.07, 6.45) is 0.758. The van der Waals surface area contributed by atoms with Crippen molar-refractivity contribution in [2.24, 2.45) is 0 Å². The molecule has 3 aromatic carbocycles. The number of nitrogens with zero attached hydrogens (tertiary/aromatic N) is 5. The normalized spacial score (nSPS) is 14.0. The Balaban J connectivity index is 1.28. The van der Waals surface area contributed by atoms with Gasteiger partial charge in [0.2, 0.25) is 5.91 Å². The van der Waals surface area contributed by atoms with E-state index in [4.69, 9.17) is 21.1 Å². The lowest BCUT2D eigenvalue weighted by molar-refractivity contribution is -0.132. The van der Waals surface area contributed by atoms with Crippen molar-refractivity contribution >= 4 is 29.2 Å². The number of methoxy groups -OCH3 is 2. The van der Waals surface area contributed by atoms with Crippen molar-refractivity contribution in [3.05, 3.63) is 101 Å². The number of halogens is 1. The number of anilines is 1. The molecule has 9 nitrogen and oxygen atoms in total. The highest BCUT2D eigenvalue weighted by Gasteiger charge is 2.29. The van der Waals surface area contributed by atoms with Crippen LogP contribution in [0.3, 0.4) is 0 Å². The number of hydrogen-bond acceptors (Lipinski definition) is 7. The van der Waals surface area contributed by atoms with Gasteiger partial charge < -0.3 is 24.2 Å². The highest BCUT2D eigenvalue weighted by Crippen LogP contribution is 2.32. The third-order valence-electron chi connectivity index (χ3n) is 7.93. The molecule has 0 saturated carbocycles. The molecule has 1 unspecified atom stereocenters. The van der Waals surface area contributed by atoms with Gasteiger partial charge in [-0.3, -0.25) is 9.59 Å². The Hall–Kier alpha value is -4.63.